The normalized spacial score (nSPS) is 15.6. The van der Waals surface area contributed by atoms with Gasteiger partial charge in [0.15, 0.2) is 5.58 Å². The number of thiophene rings is 1. The summed E-state index contributed by atoms with van der Waals surface area (Å²) in [7, 11) is 0. The van der Waals surface area contributed by atoms with Crippen LogP contribution in [0.2, 0.25) is 0 Å². The lowest BCUT2D eigenvalue weighted by atomic mass is 9.36. The van der Waals surface area contributed by atoms with Gasteiger partial charge in [-0.15, -0.1) is 11.3 Å². The van der Waals surface area contributed by atoms with Crippen LogP contribution >= 0.6 is 11.3 Å². The molecule has 12 rings (SSSR count). The second-order valence-corrected chi connectivity index (χ2v) is 19.7. The summed E-state index contributed by atoms with van der Waals surface area (Å²) in [4.78, 5) is 5.79. The Balaban J connectivity index is 1.21. The van der Waals surface area contributed by atoms with Crippen molar-refractivity contribution in [1.29, 1.82) is 0 Å². The molecule has 2 aliphatic rings. The van der Waals surface area contributed by atoms with Crippen molar-refractivity contribution in [2.45, 2.75) is 52.4 Å². The monoisotopic (exact) mass is 855 g/mol. The van der Waals surface area contributed by atoms with Crippen LogP contribution in [0.25, 0.3) is 32.0 Å². The topological polar surface area (TPSA) is 22.9 Å². The Kier molecular flexibility index (Phi) is 6.54. The number of anilines is 9. The maximum absolute atomic E-state index is 9.28. The number of hydrogen-bond acceptors (Lipinski definition) is 5. The van der Waals surface area contributed by atoms with Crippen LogP contribution in [0.3, 0.4) is 0 Å². The number of nitrogens with zero attached hydrogens (tertiary/aromatic N) is 3. The molecule has 0 bridgehead atoms. The van der Waals surface area contributed by atoms with Crippen molar-refractivity contribution < 1.29 is 18.1 Å². The number of benzene rings is 8. The van der Waals surface area contributed by atoms with E-state index in [1.807, 2.05) is 54.6 Å². The Morgan fingerprint density at radius 3 is 1.88 bits per heavy atom. The van der Waals surface area contributed by atoms with Crippen LogP contribution in [-0.2, 0) is 10.8 Å². The highest BCUT2D eigenvalue weighted by Gasteiger charge is 2.46. The van der Waals surface area contributed by atoms with Crippen molar-refractivity contribution in [3.8, 4) is 0 Å². The molecule has 2 aliphatic heterocycles. The molecule has 2 aromatic heterocycles. The van der Waals surface area contributed by atoms with E-state index >= 15 is 0 Å². The van der Waals surface area contributed by atoms with Gasteiger partial charge in [0, 0.05) is 65.4 Å². The maximum Gasteiger partial charge on any atom is 0.264 e. The zero-order valence-electron chi connectivity index (χ0n) is 46.3. The smallest absolute Gasteiger partial charge is 0.264 e. The van der Waals surface area contributed by atoms with Gasteiger partial charge in [-0.05, 0) is 118 Å². The molecule has 4 heterocycles. The number of para-hydroxylation sites is 4. The SMILES string of the molecule is [2H]c1c([2H])c([2H])c(N(c2ccc3c(c2)N(c2cccc4c2oc2ccccc24)c2cccc4c2B3c2sc3ccc(C(C)(C)C)cc3c2N4c2ccc(C(C)(C)C)cc2)c2c([2H])c([2H])c([2H])c([2H])c2[2H])c([2H])c1[2H]. The van der Waals surface area contributed by atoms with E-state index in [-0.39, 0.29) is 34.6 Å². The fourth-order valence-electron chi connectivity index (χ4n) is 9.64. The fraction of sp³-hybridized carbons (Fsp3) is 0.138. The molecular formula is C58H48BN3OS. The second-order valence-electron chi connectivity index (χ2n) is 18.7. The highest BCUT2D eigenvalue weighted by Crippen LogP contribution is 2.51. The molecule has 0 N–H and O–H groups in total. The Morgan fingerprint density at radius 2 is 1.17 bits per heavy atom. The molecule has 0 saturated carbocycles. The summed E-state index contributed by atoms with van der Waals surface area (Å²) in [5.41, 5.74) is 10.2. The first-order valence-electron chi connectivity index (χ1n) is 26.6. The van der Waals surface area contributed by atoms with Crippen LogP contribution < -0.4 is 30.4 Å². The Hall–Kier alpha value is -7.02. The van der Waals surface area contributed by atoms with Gasteiger partial charge in [0.1, 0.15) is 5.58 Å². The lowest BCUT2D eigenvalue weighted by Crippen LogP contribution is -2.60. The summed E-state index contributed by atoms with van der Waals surface area (Å²) >= 11 is 1.74. The van der Waals surface area contributed by atoms with Gasteiger partial charge in [0.2, 0.25) is 0 Å². The van der Waals surface area contributed by atoms with Crippen molar-refractivity contribution in [2.24, 2.45) is 0 Å². The summed E-state index contributed by atoms with van der Waals surface area (Å²) in [6.45, 7) is 13.0. The average molecular weight is 856 g/mol. The molecule has 0 amide bonds. The van der Waals surface area contributed by atoms with E-state index in [9.17, 15) is 5.48 Å². The van der Waals surface area contributed by atoms with E-state index in [1.165, 1.54) is 16.0 Å². The quantitative estimate of drug-likeness (QED) is 0.161. The number of furan rings is 1. The van der Waals surface area contributed by atoms with Crippen molar-refractivity contribution in [3.05, 3.63) is 193 Å². The Bertz CT molecular complexity index is 3920. The highest BCUT2D eigenvalue weighted by molar-refractivity contribution is 7.33. The molecule has 6 heteroatoms. The summed E-state index contributed by atoms with van der Waals surface area (Å²) in [6.07, 6.45) is 0. The van der Waals surface area contributed by atoms with E-state index in [4.69, 9.17) is 12.6 Å². The molecule has 0 spiro atoms. The van der Waals surface area contributed by atoms with Crippen LogP contribution in [0.1, 0.15) is 66.4 Å². The molecule has 64 heavy (non-hydrogen) atoms. The molecule has 310 valence electrons. The minimum absolute atomic E-state index is 0.0688. The first kappa shape index (κ1) is 29.4. The summed E-state index contributed by atoms with van der Waals surface area (Å²) in [6, 6.07) is 35.3. The molecule has 0 atom stereocenters. The maximum atomic E-state index is 9.28. The third kappa shape index (κ3) is 5.96. The van der Waals surface area contributed by atoms with Crippen molar-refractivity contribution in [3.63, 3.8) is 0 Å². The van der Waals surface area contributed by atoms with E-state index in [2.05, 4.69) is 112 Å². The Morgan fingerprint density at radius 1 is 0.547 bits per heavy atom. The summed E-state index contributed by atoms with van der Waals surface area (Å²) in [5, 5.41) is 2.95. The van der Waals surface area contributed by atoms with Crippen LogP contribution in [0.4, 0.5) is 51.2 Å². The second kappa shape index (κ2) is 14.3. The molecule has 10 aromatic rings. The Labute approximate surface area is 393 Å². The lowest BCUT2D eigenvalue weighted by Gasteiger charge is -2.43. The first-order valence-corrected chi connectivity index (χ1v) is 22.4. The van der Waals surface area contributed by atoms with Gasteiger partial charge in [0.25, 0.3) is 6.71 Å². The summed E-state index contributed by atoms with van der Waals surface area (Å²) < 4.78 is 98.3. The zero-order chi connectivity index (χ0) is 52.2. The van der Waals surface area contributed by atoms with Gasteiger partial charge in [-0.2, -0.15) is 0 Å². The number of hydrogen-bond donors (Lipinski definition) is 0. The van der Waals surface area contributed by atoms with Crippen LogP contribution in [-0.4, -0.2) is 6.71 Å². The van der Waals surface area contributed by atoms with Crippen molar-refractivity contribution in [2.75, 3.05) is 14.7 Å². The van der Waals surface area contributed by atoms with Gasteiger partial charge in [-0.3, -0.25) is 0 Å². The van der Waals surface area contributed by atoms with Gasteiger partial charge in [-0.25, -0.2) is 0 Å². The number of rotatable bonds is 5. The predicted octanol–water partition coefficient (Wildman–Crippen LogP) is 14.9. The van der Waals surface area contributed by atoms with Crippen LogP contribution in [0.5, 0.6) is 0 Å². The van der Waals surface area contributed by atoms with Gasteiger partial charge < -0.3 is 19.1 Å². The molecule has 4 nitrogen and oxygen atoms in total. The van der Waals surface area contributed by atoms with Crippen LogP contribution in [0.15, 0.2) is 186 Å². The average Bonchev–Trinajstić information content (AvgIpc) is 3.97. The molecule has 0 radical (unpaired) electrons. The third-order valence-corrected chi connectivity index (χ3v) is 14.0. The summed E-state index contributed by atoms with van der Waals surface area (Å²) in [5.74, 6) is 0. The van der Waals surface area contributed by atoms with E-state index in [1.54, 1.807) is 17.4 Å². The van der Waals surface area contributed by atoms with Crippen molar-refractivity contribution >= 4 is 117 Å². The molecule has 0 saturated heterocycles. The van der Waals surface area contributed by atoms with Gasteiger partial charge >= 0.3 is 0 Å². The molecule has 8 aromatic carbocycles. The predicted molar refractivity (Wildman–Crippen MR) is 275 cm³/mol. The number of fused-ring (bicyclic) bond motifs is 9. The first-order chi connectivity index (χ1) is 35.2. The van der Waals surface area contributed by atoms with E-state index in [0.717, 1.165) is 59.3 Å². The van der Waals surface area contributed by atoms with Gasteiger partial charge in [0.05, 0.1) is 25.1 Å². The van der Waals surface area contributed by atoms with Crippen molar-refractivity contribution in [1.82, 2.24) is 0 Å². The standard InChI is InChI=1S/C58H48BN3OS/c1-57(2,3)37-27-30-41(31-28-37)61-47-23-16-24-48-53(47)59(56-54(61)45-35-38(58(4,5)6)29-34-52(45)64-56)46-33-32-42(60(39-17-9-7-10-18-39)40-19-11-8-12-20-40)36-50(46)62(48)49-25-15-22-44-43-21-13-14-26-51(43)63-55(44)49/h7-36H,1-6H3/i7D,8D,9D,10D,11D,12D,17D,18D,19D,20D. The van der Waals surface area contributed by atoms with Gasteiger partial charge in [-0.1, -0.05) is 138 Å². The largest absolute Gasteiger partial charge is 0.454 e. The lowest BCUT2D eigenvalue weighted by molar-refractivity contribution is 0.590. The molecule has 0 fully saturated rings. The van der Waals surface area contributed by atoms with E-state index < -0.39 is 60.4 Å². The third-order valence-electron chi connectivity index (χ3n) is 12.7. The molecule has 0 unspecified atom stereocenters. The molecular weight excluding hydrogens is 798 g/mol. The van der Waals surface area contributed by atoms with E-state index in [0.29, 0.717) is 22.5 Å². The zero-order valence-corrected chi connectivity index (χ0v) is 37.1. The highest BCUT2D eigenvalue weighted by atomic mass is 32.1. The minimum atomic E-state index is -0.636. The fourth-order valence-corrected chi connectivity index (χ4v) is 10.9. The van der Waals surface area contributed by atoms with Crippen LogP contribution in [0, 0.1) is 0 Å². The molecule has 0 aliphatic carbocycles. The minimum Gasteiger partial charge on any atom is -0.454 e.